The second-order valence-electron chi connectivity index (χ2n) is 1.97. The van der Waals surface area contributed by atoms with E-state index in [1.807, 2.05) is 6.92 Å². The summed E-state index contributed by atoms with van der Waals surface area (Å²) in [6.07, 6.45) is 1.59. The highest BCUT2D eigenvalue weighted by Crippen LogP contribution is 1.93. The summed E-state index contributed by atoms with van der Waals surface area (Å²) in [5.74, 6) is 1.41. The van der Waals surface area contributed by atoms with Gasteiger partial charge >= 0.3 is 0 Å². The number of aromatic nitrogens is 2. The highest BCUT2D eigenvalue weighted by molar-refractivity contribution is 6.35. The second-order valence-corrected chi connectivity index (χ2v) is 1.97. The minimum Gasteiger partial charge on any atom is -0.374 e. The molecule has 4 heteroatoms. The molecule has 0 aliphatic rings. The molecule has 3 nitrogen and oxygen atoms in total. The summed E-state index contributed by atoms with van der Waals surface area (Å²) in [6.45, 7) is 1.82. The van der Waals surface area contributed by atoms with E-state index >= 15 is 0 Å². The molecule has 0 bridgehead atoms. The molecule has 10 heavy (non-hydrogen) atoms. The number of hydrogen-bond acceptors (Lipinski definition) is 3. The Morgan fingerprint density at radius 2 is 2.30 bits per heavy atom. The van der Waals surface area contributed by atoms with Crippen molar-refractivity contribution in [2.24, 2.45) is 0 Å². The molecule has 0 amide bonds. The highest BCUT2D eigenvalue weighted by Gasteiger charge is 1.95. The molecular formula is C6H8BN3. The molecule has 50 valence electrons. The van der Waals surface area contributed by atoms with E-state index in [9.17, 15) is 0 Å². The molecule has 1 rings (SSSR count). The highest BCUT2D eigenvalue weighted by atomic mass is 15.0. The van der Waals surface area contributed by atoms with E-state index in [1.165, 1.54) is 0 Å². The van der Waals surface area contributed by atoms with Crippen LogP contribution < -0.4 is 10.8 Å². The van der Waals surface area contributed by atoms with Crippen LogP contribution in [-0.4, -0.2) is 24.9 Å². The quantitative estimate of drug-likeness (QED) is 0.530. The lowest BCUT2D eigenvalue weighted by molar-refractivity contribution is 1.06. The number of hydrogen-bond donors (Lipinski definition) is 1. The SMILES string of the molecule is [B]c1cnc(C)nc1NC. The van der Waals surface area contributed by atoms with Gasteiger partial charge in [0.05, 0.1) is 0 Å². The lowest BCUT2D eigenvalue weighted by Gasteiger charge is -2.02. The van der Waals surface area contributed by atoms with Crippen LogP contribution in [0.4, 0.5) is 5.82 Å². The number of anilines is 1. The molecule has 0 saturated carbocycles. The molecule has 1 aromatic rings. The van der Waals surface area contributed by atoms with Gasteiger partial charge in [-0.05, 0) is 12.4 Å². The Labute approximate surface area is 61.3 Å². The molecule has 0 aliphatic heterocycles. The van der Waals surface area contributed by atoms with Crippen molar-refractivity contribution in [1.29, 1.82) is 0 Å². The molecule has 1 heterocycles. The maximum Gasteiger partial charge on any atom is 0.127 e. The van der Waals surface area contributed by atoms with Gasteiger partial charge in [0.15, 0.2) is 0 Å². The predicted octanol–water partition coefficient (Wildman–Crippen LogP) is -0.379. The maximum atomic E-state index is 5.51. The van der Waals surface area contributed by atoms with Crippen LogP contribution in [0.5, 0.6) is 0 Å². The standard InChI is InChI=1S/C6H8BN3/c1-4-9-3-5(7)6(8-2)10-4/h3H,1-2H3,(H,8,9,10). The average molecular weight is 133 g/mol. The fourth-order valence-electron chi connectivity index (χ4n) is 0.680. The van der Waals surface area contributed by atoms with Crippen LogP contribution in [0.25, 0.3) is 0 Å². The van der Waals surface area contributed by atoms with Crippen molar-refractivity contribution >= 4 is 19.1 Å². The Bertz CT molecular complexity index is 236. The summed E-state index contributed by atoms with van der Waals surface area (Å²) >= 11 is 0. The summed E-state index contributed by atoms with van der Waals surface area (Å²) in [7, 11) is 7.29. The van der Waals surface area contributed by atoms with Crippen LogP contribution in [0, 0.1) is 6.92 Å². The summed E-state index contributed by atoms with van der Waals surface area (Å²) in [6, 6.07) is 0. The zero-order valence-electron chi connectivity index (χ0n) is 6.05. The normalized spacial score (nSPS) is 9.40. The van der Waals surface area contributed by atoms with Crippen molar-refractivity contribution in [1.82, 2.24) is 9.97 Å². The maximum absolute atomic E-state index is 5.51. The van der Waals surface area contributed by atoms with Gasteiger partial charge in [-0.2, -0.15) is 0 Å². The fraction of sp³-hybridized carbons (Fsp3) is 0.333. The van der Waals surface area contributed by atoms with Crippen LogP contribution in [0.3, 0.4) is 0 Å². The van der Waals surface area contributed by atoms with E-state index in [0.717, 1.165) is 5.82 Å². The molecule has 0 fully saturated rings. The Morgan fingerprint density at radius 1 is 1.60 bits per heavy atom. The smallest absolute Gasteiger partial charge is 0.127 e. The van der Waals surface area contributed by atoms with Gasteiger partial charge in [-0.1, -0.05) is 0 Å². The third-order valence-electron chi connectivity index (χ3n) is 1.17. The first kappa shape index (κ1) is 7.06. The molecule has 1 N–H and O–H groups in total. The molecule has 2 radical (unpaired) electrons. The first-order valence-corrected chi connectivity index (χ1v) is 3.01. The molecular weight excluding hydrogens is 125 g/mol. The molecule has 0 unspecified atom stereocenters. The van der Waals surface area contributed by atoms with Gasteiger partial charge in [-0.25, -0.2) is 9.97 Å². The van der Waals surface area contributed by atoms with Gasteiger partial charge in [-0.3, -0.25) is 0 Å². The molecule has 0 aliphatic carbocycles. The number of nitrogens with one attached hydrogen (secondary N) is 1. The van der Waals surface area contributed by atoms with Crippen LogP contribution in [-0.2, 0) is 0 Å². The largest absolute Gasteiger partial charge is 0.374 e. The third-order valence-corrected chi connectivity index (χ3v) is 1.17. The van der Waals surface area contributed by atoms with Gasteiger partial charge in [0, 0.05) is 13.2 Å². The van der Waals surface area contributed by atoms with E-state index < -0.39 is 0 Å². The molecule has 0 atom stereocenters. The van der Waals surface area contributed by atoms with E-state index in [2.05, 4.69) is 15.3 Å². The van der Waals surface area contributed by atoms with Crippen molar-refractivity contribution in [3.8, 4) is 0 Å². The monoisotopic (exact) mass is 133 g/mol. The van der Waals surface area contributed by atoms with E-state index in [-0.39, 0.29) is 0 Å². The second kappa shape index (κ2) is 2.69. The molecule has 0 aromatic carbocycles. The number of aryl methyl sites for hydroxylation is 1. The minimum atomic E-state index is 0.577. The lowest BCUT2D eigenvalue weighted by atomic mass is 9.99. The van der Waals surface area contributed by atoms with Gasteiger partial charge in [0.1, 0.15) is 19.5 Å². The van der Waals surface area contributed by atoms with Gasteiger partial charge in [-0.15, -0.1) is 0 Å². The Hall–Kier alpha value is -1.06. The van der Waals surface area contributed by atoms with Gasteiger partial charge in [0.25, 0.3) is 0 Å². The van der Waals surface area contributed by atoms with Crippen LogP contribution >= 0.6 is 0 Å². The summed E-state index contributed by atoms with van der Waals surface area (Å²) in [5, 5.41) is 2.86. The Balaban J connectivity index is 3.09. The van der Waals surface area contributed by atoms with Crippen molar-refractivity contribution in [2.45, 2.75) is 6.92 Å². The van der Waals surface area contributed by atoms with Crippen molar-refractivity contribution in [3.05, 3.63) is 12.0 Å². The summed E-state index contributed by atoms with van der Waals surface area (Å²) in [4.78, 5) is 7.96. The van der Waals surface area contributed by atoms with Gasteiger partial charge in [0.2, 0.25) is 0 Å². The van der Waals surface area contributed by atoms with Gasteiger partial charge < -0.3 is 5.32 Å². The van der Waals surface area contributed by atoms with Crippen LogP contribution in [0.1, 0.15) is 5.82 Å². The molecule has 1 aromatic heterocycles. The predicted molar refractivity (Wildman–Crippen MR) is 41.7 cm³/mol. The van der Waals surface area contributed by atoms with Crippen molar-refractivity contribution < 1.29 is 0 Å². The first-order valence-electron chi connectivity index (χ1n) is 3.01. The summed E-state index contributed by atoms with van der Waals surface area (Å²) in [5.41, 5.74) is 0.577. The number of rotatable bonds is 1. The third kappa shape index (κ3) is 1.26. The average Bonchev–Trinajstić information content (AvgIpc) is 1.94. The Morgan fingerprint density at radius 3 is 2.80 bits per heavy atom. The number of nitrogens with zero attached hydrogens (tertiary/aromatic N) is 2. The van der Waals surface area contributed by atoms with E-state index in [4.69, 9.17) is 7.85 Å². The zero-order valence-corrected chi connectivity index (χ0v) is 6.05. The molecule has 0 saturated heterocycles. The van der Waals surface area contributed by atoms with E-state index in [1.54, 1.807) is 13.2 Å². The zero-order chi connectivity index (χ0) is 7.56. The van der Waals surface area contributed by atoms with Crippen molar-refractivity contribution in [2.75, 3.05) is 12.4 Å². The Kier molecular flexibility index (Phi) is 1.90. The van der Waals surface area contributed by atoms with Crippen LogP contribution in [0.15, 0.2) is 6.20 Å². The van der Waals surface area contributed by atoms with Crippen LogP contribution in [0.2, 0.25) is 0 Å². The summed E-state index contributed by atoms with van der Waals surface area (Å²) < 4.78 is 0. The topological polar surface area (TPSA) is 37.8 Å². The van der Waals surface area contributed by atoms with Crippen molar-refractivity contribution in [3.63, 3.8) is 0 Å². The fourth-order valence-corrected chi connectivity index (χ4v) is 0.680. The first-order chi connectivity index (χ1) is 4.74. The lowest BCUT2D eigenvalue weighted by Crippen LogP contribution is -2.13. The van der Waals surface area contributed by atoms with E-state index in [0.29, 0.717) is 11.3 Å². The minimum absolute atomic E-state index is 0.577. The molecule has 0 spiro atoms.